The molecule has 1 atom stereocenters. The van der Waals surface area contributed by atoms with Gasteiger partial charge in [0.15, 0.2) is 9.84 Å². The first-order valence-corrected chi connectivity index (χ1v) is 10.9. The van der Waals surface area contributed by atoms with Crippen LogP contribution in [0.3, 0.4) is 0 Å². The number of primary amides is 1. The molecule has 1 heterocycles. The van der Waals surface area contributed by atoms with Crippen LogP contribution in [0.1, 0.15) is 44.5 Å². The third-order valence-corrected chi connectivity index (χ3v) is 6.84. The molecule has 6 nitrogen and oxygen atoms in total. The summed E-state index contributed by atoms with van der Waals surface area (Å²) in [5.74, 6) is -0.639. The Morgan fingerprint density at radius 3 is 2.62 bits per heavy atom. The van der Waals surface area contributed by atoms with Gasteiger partial charge in [-0.05, 0) is 42.9 Å². The second-order valence-electron chi connectivity index (χ2n) is 6.64. The summed E-state index contributed by atoms with van der Waals surface area (Å²) in [4.78, 5) is 25.7. The smallest absolute Gasteiger partial charge is 0.257 e. The summed E-state index contributed by atoms with van der Waals surface area (Å²) in [7, 11) is -3.56. The molecule has 0 bridgehead atoms. The molecule has 8 heteroatoms. The number of nitrogens with one attached hydrogen (secondary N) is 1. The van der Waals surface area contributed by atoms with Gasteiger partial charge in [0.1, 0.15) is 5.00 Å². The summed E-state index contributed by atoms with van der Waals surface area (Å²) >= 11 is 1.35. The molecule has 1 aliphatic rings. The summed E-state index contributed by atoms with van der Waals surface area (Å²) < 4.78 is 23.9. The van der Waals surface area contributed by atoms with Crippen LogP contribution in [-0.2, 0) is 22.7 Å². The number of sulfone groups is 1. The maximum atomic E-state index is 12.7. The van der Waals surface area contributed by atoms with Gasteiger partial charge in [-0.1, -0.05) is 19.1 Å². The highest BCUT2D eigenvalue weighted by atomic mass is 32.2. The van der Waals surface area contributed by atoms with Gasteiger partial charge in [0.25, 0.3) is 11.8 Å². The van der Waals surface area contributed by atoms with Crippen molar-refractivity contribution >= 4 is 38.0 Å². The van der Waals surface area contributed by atoms with Gasteiger partial charge < -0.3 is 11.1 Å². The van der Waals surface area contributed by atoms with E-state index in [0.29, 0.717) is 16.5 Å². The second-order valence-corrected chi connectivity index (χ2v) is 9.73. The quantitative estimate of drug-likeness (QED) is 0.834. The molecule has 1 aromatic carbocycles. The first kappa shape index (κ1) is 18.6. The molecule has 2 amide bonds. The zero-order valence-electron chi connectivity index (χ0n) is 14.5. The number of thiophene rings is 1. The molecule has 2 aromatic rings. The number of hydrogen-bond donors (Lipinski definition) is 2. The Morgan fingerprint density at radius 1 is 1.27 bits per heavy atom. The van der Waals surface area contributed by atoms with Gasteiger partial charge in [-0.15, -0.1) is 11.3 Å². The zero-order chi connectivity index (χ0) is 19.1. The average Bonchev–Trinajstić information content (AvgIpc) is 2.90. The van der Waals surface area contributed by atoms with Gasteiger partial charge in [0, 0.05) is 11.1 Å². The van der Waals surface area contributed by atoms with Gasteiger partial charge in [0.2, 0.25) is 0 Å². The largest absolute Gasteiger partial charge is 0.365 e. The number of fused-ring (bicyclic) bond motifs is 1. The summed E-state index contributed by atoms with van der Waals surface area (Å²) in [5.41, 5.74) is 6.86. The Balaban J connectivity index is 2.00. The predicted octanol–water partition coefficient (Wildman–Crippen LogP) is 2.63. The van der Waals surface area contributed by atoms with E-state index in [1.165, 1.54) is 23.5 Å². The first-order chi connectivity index (χ1) is 12.2. The lowest BCUT2D eigenvalue weighted by Crippen LogP contribution is -2.20. The third-order valence-electron chi connectivity index (χ3n) is 4.52. The third kappa shape index (κ3) is 3.52. The van der Waals surface area contributed by atoms with E-state index < -0.39 is 21.7 Å². The van der Waals surface area contributed by atoms with E-state index in [1.54, 1.807) is 12.1 Å². The first-order valence-electron chi connectivity index (χ1n) is 8.23. The minimum absolute atomic E-state index is 0.0464. The van der Waals surface area contributed by atoms with Crippen LogP contribution in [0.2, 0.25) is 0 Å². The Hall–Kier alpha value is -2.19. The van der Waals surface area contributed by atoms with E-state index in [0.717, 1.165) is 36.0 Å². The number of anilines is 1. The minimum Gasteiger partial charge on any atom is -0.365 e. The van der Waals surface area contributed by atoms with Crippen LogP contribution in [0.15, 0.2) is 29.2 Å². The van der Waals surface area contributed by atoms with Gasteiger partial charge >= 0.3 is 0 Å². The van der Waals surface area contributed by atoms with E-state index in [-0.39, 0.29) is 10.5 Å². The van der Waals surface area contributed by atoms with Crippen molar-refractivity contribution in [2.24, 2.45) is 11.7 Å². The van der Waals surface area contributed by atoms with E-state index >= 15 is 0 Å². The van der Waals surface area contributed by atoms with Crippen molar-refractivity contribution in [2.45, 2.75) is 31.1 Å². The SMILES string of the molecule is C[C@@H]1CCc2c(sc(NC(=O)c3ccccc3S(C)(=O)=O)c2C(N)=O)C1. The number of hydrogen-bond acceptors (Lipinski definition) is 5. The van der Waals surface area contributed by atoms with Crippen molar-refractivity contribution in [1.29, 1.82) is 0 Å². The molecule has 0 saturated heterocycles. The Bertz CT molecular complexity index is 993. The standard InChI is InChI=1S/C18H20N2O4S2/c1-10-7-8-11-13(9-10)25-18(15(11)16(19)21)20-17(22)12-5-3-4-6-14(12)26(2,23)24/h3-6,10H,7-9H2,1-2H3,(H2,19,21)(H,20,22)/t10-/m1/s1. The van der Waals surface area contributed by atoms with Crippen LogP contribution in [0.4, 0.5) is 5.00 Å². The molecule has 0 aliphatic heterocycles. The van der Waals surface area contributed by atoms with E-state index in [1.807, 2.05) is 0 Å². The molecular formula is C18H20N2O4S2. The molecule has 0 radical (unpaired) electrons. The van der Waals surface area contributed by atoms with Crippen molar-refractivity contribution in [1.82, 2.24) is 0 Å². The van der Waals surface area contributed by atoms with Gasteiger partial charge in [-0.3, -0.25) is 9.59 Å². The van der Waals surface area contributed by atoms with Crippen molar-refractivity contribution in [2.75, 3.05) is 11.6 Å². The predicted molar refractivity (Wildman–Crippen MR) is 102 cm³/mol. The number of rotatable bonds is 4. The maximum Gasteiger partial charge on any atom is 0.257 e. The lowest BCUT2D eigenvalue weighted by molar-refractivity contribution is 0.1000. The molecule has 1 aliphatic carbocycles. The van der Waals surface area contributed by atoms with Gasteiger partial charge in [0.05, 0.1) is 16.0 Å². The number of nitrogens with two attached hydrogens (primary N) is 1. The van der Waals surface area contributed by atoms with E-state index in [2.05, 4.69) is 12.2 Å². The van der Waals surface area contributed by atoms with Crippen molar-refractivity contribution in [3.8, 4) is 0 Å². The summed E-state index contributed by atoms with van der Waals surface area (Å²) in [6.07, 6.45) is 3.62. The number of carbonyl (C=O) groups excluding carboxylic acids is 2. The molecule has 1 aromatic heterocycles. The second kappa shape index (κ2) is 6.85. The lowest BCUT2D eigenvalue weighted by atomic mass is 9.88. The van der Waals surface area contributed by atoms with Crippen LogP contribution >= 0.6 is 11.3 Å². The number of amides is 2. The molecule has 138 valence electrons. The van der Waals surface area contributed by atoms with E-state index in [9.17, 15) is 18.0 Å². The number of carbonyl (C=O) groups is 2. The molecule has 0 fully saturated rings. The molecule has 3 N–H and O–H groups in total. The van der Waals surface area contributed by atoms with Gasteiger partial charge in [-0.25, -0.2) is 8.42 Å². The zero-order valence-corrected chi connectivity index (χ0v) is 16.2. The molecule has 0 unspecified atom stereocenters. The van der Waals surface area contributed by atoms with Crippen molar-refractivity contribution in [3.05, 3.63) is 45.8 Å². The maximum absolute atomic E-state index is 12.7. The normalized spacial score (nSPS) is 16.8. The van der Waals surface area contributed by atoms with E-state index in [4.69, 9.17) is 5.73 Å². The highest BCUT2D eigenvalue weighted by Gasteiger charge is 2.28. The highest BCUT2D eigenvalue weighted by molar-refractivity contribution is 7.90. The Labute approximate surface area is 156 Å². The fraction of sp³-hybridized carbons (Fsp3) is 0.333. The number of benzene rings is 1. The van der Waals surface area contributed by atoms with Gasteiger partial charge in [-0.2, -0.15) is 0 Å². The molecule has 0 saturated carbocycles. The highest BCUT2D eigenvalue weighted by Crippen LogP contribution is 2.39. The summed E-state index contributed by atoms with van der Waals surface area (Å²) in [5, 5.41) is 3.10. The van der Waals surface area contributed by atoms with Crippen LogP contribution in [0.25, 0.3) is 0 Å². The van der Waals surface area contributed by atoms with Crippen molar-refractivity contribution < 1.29 is 18.0 Å². The van der Waals surface area contributed by atoms with Crippen LogP contribution < -0.4 is 11.1 Å². The minimum atomic E-state index is -3.56. The molecular weight excluding hydrogens is 372 g/mol. The van der Waals surface area contributed by atoms with Crippen LogP contribution in [-0.4, -0.2) is 26.5 Å². The fourth-order valence-electron chi connectivity index (χ4n) is 3.25. The topological polar surface area (TPSA) is 106 Å². The lowest BCUT2D eigenvalue weighted by Gasteiger charge is -2.18. The molecule has 26 heavy (non-hydrogen) atoms. The summed E-state index contributed by atoms with van der Waals surface area (Å²) in [6, 6.07) is 6.00. The fourth-order valence-corrected chi connectivity index (χ4v) is 5.54. The Kier molecular flexibility index (Phi) is 4.90. The van der Waals surface area contributed by atoms with Crippen LogP contribution in [0.5, 0.6) is 0 Å². The average molecular weight is 393 g/mol. The Morgan fingerprint density at radius 2 is 1.96 bits per heavy atom. The van der Waals surface area contributed by atoms with Crippen LogP contribution in [0, 0.1) is 5.92 Å². The summed E-state index contributed by atoms with van der Waals surface area (Å²) in [6.45, 7) is 2.15. The molecule has 0 spiro atoms. The molecule has 3 rings (SSSR count). The monoisotopic (exact) mass is 392 g/mol. The van der Waals surface area contributed by atoms with Crippen molar-refractivity contribution in [3.63, 3.8) is 0 Å².